The van der Waals surface area contributed by atoms with Crippen LogP contribution in [0.2, 0.25) is 0 Å². The van der Waals surface area contributed by atoms with Gasteiger partial charge in [-0.3, -0.25) is 28.6 Å². The Morgan fingerprint density at radius 2 is 1.56 bits per heavy atom. The normalized spacial score (nSPS) is 43.7. The van der Waals surface area contributed by atoms with Crippen LogP contribution in [-0.2, 0) is 38.8 Å². The molecule has 1 aliphatic heterocycles. The fourth-order valence-corrected chi connectivity index (χ4v) is 9.74. The van der Waals surface area contributed by atoms with Crippen molar-refractivity contribution in [2.24, 2.45) is 52.8 Å². The molecule has 7 saturated carbocycles. The zero-order chi connectivity index (χ0) is 27.6. The minimum Gasteiger partial charge on any atom is -0.460 e. The number of esters is 2. The number of fused-ring (bicyclic) bond motifs is 1. The van der Waals surface area contributed by atoms with E-state index in [9.17, 15) is 36.4 Å². The second kappa shape index (κ2) is 8.20. The minimum absolute atomic E-state index is 0.260. The Labute approximate surface area is 223 Å². The lowest BCUT2D eigenvalue weighted by molar-refractivity contribution is -0.171. The molecule has 8 rings (SSSR count). The van der Waals surface area contributed by atoms with Gasteiger partial charge in [0.15, 0.2) is 6.61 Å². The molecule has 214 valence electrons. The zero-order valence-corrected chi connectivity index (χ0v) is 22.0. The summed E-state index contributed by atoms with van der Waals surface area (Å²) >= 11 is 0. The summed E-state index contributed by atoms with van der Waals surface area (Å²) in [7, 11) is -5.82. The van der Waals surface area contributed by atoms with Crippen molar-refractivity contribution in [2.75, 3.05) is 6.61 Å². The highest BCUT2D eigenvalue weighted by molar-refractivity contribution is 7.86. The third-order valence-electron chi connectivity index (χ3n) is 10.8. The van der Waals surface area contributed by atoms with Gasteiger partial charge in [0.25, 0.3) is 0 Å². The maximum atomic E-state index is 14.3. The van der Waals surface area contributed by atoms with Crippen molar-refractivity contribution in [1.82, 2.24) is 4.90 Å². The van der Waals surface area contributed by atoms with E-state index in [0.717, 1.165) is 38.5 Å². The third-order valence-corrected chi connectivity index (χ3v) is 11.7. The van der Waals surface area contributed by atoms with Gasteiger partial charge in [0.2, 0.25) is 11.8 Å². The van der Waals surface area contributed by atoms with E-state index in [1.165, 1.54) is 4.90 Å². The van der Waals surface area contributed by atoms with Gasteiger partial charge in [-0.1, -0.05) is 0 Å². The topological polar surface area (TPSA) is 144 Å². The summed E-state index contributed by atoms with van der Waals surface area (Å²) in [5, 5.41) is -4.72. The highest BCUT2D eigenvalue weighted by Gasteiger charge is 2.73. The standard InChI is InChI=1S/C26H31F2NO9S/c27-26(28,39(34,35)36)10-37-23(32)18-16-6-15-17(18)21(30)29(19(15)20(16)38-22(31)14-1-2-14)24(33)25-7-11-3-12(8-25)5-13(4-11)9-25/h11-20H,1-10H2,(H,34,35,36). The van der Waals surface area contributed by atoms with Crippen LogP contribution in [-0.4, -0.2) is 65.6 Å². The number of ether oxygens (including phenoxy) is 2. The molecule has 0 radical (unpaired) electrons. The van der Waals surface area contributed by atoms with Crippen LogP contribution in [0.3, 0.4) is 0 Å². The summed E-state index contributed by atoms with van der Waals surface area (Å²) in [5.74, 6) is -4.92. The Kier molecular flexibility index (Phi) is 5.43. The predicted molar refractivity (Wildman–Crippen MR) is 125 cm³/mol. The maximum Gasteiger partial charge on any atom is 0.402 e. The van der Waals surface area contributed by atoms with Crippen LogP contribution in [0.5, 0.6) is 0 Å². The zero-order valence-electron chi connectivity index (χ0n) is 21.2. The number of alkyl halides is 2. The molecule has 0 aromatic rings. The van der Waals surface area contributed by atoms with E-state index in [1.54, 1.807) is 0 Å². The smallest absolute Gasteiger partial charge is 0.402 e. The van der Waals surface area contributed by atoms with E-state index < -0.39 is 81.1 Å². The van der Waals surface area contributed by atoms with Gasteiger partial charge in [-0.05, 0) is 81.5 Å². The second-order valence-corrected chi connectivity index (χ2v) is 14.8. The first-order chi connectivity index (χ1) is 18.3. The summed E-state index contributed by atoms with van der Waals surface area (Å²) in [6, 6.07) is -0.709. The molecule has 0 aromatic heterocycles. The highest BCUT2D eigenvalue weighted by atomic mass is 32.2. The molecule has 1 N–H and O–H groups in total. The Morgan fingerprint density at radius 1 is 0.974 bits per heavy atom. The van der Waals surface area contributed by atoms with Crippen LogP contribution < -0.4 is 0 Å². The second-order valence-electron chi connectivity index (χ2n) is 13.2. The van der Waals surface area contributed by atoms with Crippen LogP contribution in [0.1, 0.15) is 57.8 Å². The van der Waals surface area contributed by atoms with E-state index in [2.05, 4.69) is 4.74 Å². The summed E-state index contributed by atoms with van der Waals surface area (Å²) in [5.41, 5.74) is -0.648. The van der Waals surface area contributed by atoms with E-state index in [-0.39, 0.29) is 18.2 Å². The van der Waals surface area contributed by atoms with Crippen LogP contribution in [0, 0.1) is 52.8 Å². The first kappa shape index (κ1) is 25.8. The molecule has 0 spiro atoms. The van der Waals surface area contributed by atoms with Gasteiger partial charge in [0.05, 0.1) is 29.2 Å². The quantitative estimate of drug-likeness (QED) is 0.276. The van der Waals surface area contributed by atoms with Crippen molar-refractivity contribution in [3.05, 3.63) is 0 Å². The lowest BCUT2D eigenvalue weighted by Crippen LogP contribution is -2.58. The third kappa shape index (κ3) is 3.74. The number of amides is 2. The first-order valence-electron chi connectivity index (χ1n) is 13.9. The number of nitrogens with zero attached hydrogens (tertiary/aromatic N) is 1. The van der Waals surface area contributed by atoms with Crippen molar-refractivity contribution in [3.8, 4) is 0 Å². The van der Waals surface area contributed by atoms with Gasteiger partial charge < -0.3 is 9.47 Å². The number of likely N-dealkylation sites (tertiary alicyclic amines) is 1. The fraction of sp³-hybridized carbons (Fsp3) is 0.846. The van der Waals surface area contributed by atoms with Gasteiger partial charge in [-0.2, -0.15) is 17.2 Å². The molecule has 8 aliphatic rings. The predicted octanol–water partition coefficient (Wildman–Crippen LogP) is 2.17. The Hall–Kier alpha value is -2.15. The van der Waals surface area contributed by atoms with E-state index >= 15 is 0 Å². The molecule has 7 aliphatic carbocycles. The summed E-state index contributed by atoms with van der Waals surface area (Å²) in [4.78, 5) is 55.2. The average molecular weight is 572 g/mol. The van der Waals surface area contributed by atoms with E-state index in [0.29, 0.717) is 30.6 Å². The molecule has 1 heterocycles. The van der Waals surface area contributed by atoms with E-state index in [4.69, 9.17) is 9.29 Å². The largest absolute Gasteiger partial charge is 0.460 e. The average Bonchev–Trinajstić information content (AvgIpc) is 3.49. The molecular formula is C26H31F2NO9S. The van der Waals surface area contributed by atoms with Crippen LogP contribution in [0.15, 0.2) is 0 Å². The SMILES string of the molecule is O=C(OC1C2CC3C(C(=O)N(C(=O)C45CC6CC(CC(C6)C4)C5)C31)C2C(=O)OCC(F)(F)S(=O)(=O)O)C1CC1. The molecular weight excluding hydrogens is 540 g/mol. The van der Waals surface area contributed by atoms with Crippen LogP contribution in [0.25, 0.3) is 0 Å². The number of hydrogen-bond acceptors (Lipinski definition) is 8. The van der Waals surface area contributed by atoms with Gasteiger partial charge in [-0.15, -0.1) is 0 Å². The maximum absolute atomic E-state index is 14.3. The Balaban J connectivity index is 1.19. The number of carbonyl (C=O) groups excluding carboxylic acids is 4. The molecule has 10 nitrogen and oxygen atoms in total. The lowest BCUT2D eigenvalue weighted by atomic mass is 9.49. The molecule has 6 atom stereocenters. The molecule has 13 heteroatoms. The number of imide groups is 1. The molecule has 1 saturated heterocycles. The fourth-order valence-electron chi connectivity index (χ4n) is 9.53. The lowest BCUT2D eigenvalue weighted by Gasteiger charge is -2.56. The molecule has 6 unspecified atom stereocenters. The summed E-state index contributed by atoms with van der Waals surface area (Å²) < 4.78 is 68.8. The van der Waals surface area contributed by atoms with Crippen molar-refractivity contribution < 1.29 is 50.4 Å². The van der Waals surface area contributed by atoms with Crippen molar-refractivity contribution in [2.45, 2.75) is 75.2 Å². The molecule has 2 amide bonds. The van der Waals surface area contributed by atoms with E-state index in [1.807, 2.05) is 0 Å². The molecule has 6 bridgehead atoms. The van der Waals surface area contributed by atoms with Crippen molar-refractivity contribution in [1.29, 1.82) is 0 Å². The van der Waals surface area contributed by atoms with Crippen LogP contribution >= 0.6 is 0 Å². The number of rotatable bonds is 7. The monoisotopic (exact) mass is 571 g/mol. The summed E-state index contributed by atoms with van der Waals surface area (Å²) in [6.07, 6.45) is 6.10. The van der Waals surface area contributed by atoms with Gasteiger partial charge >= 0.3 is 27.3 Å². The summed E-state index contributed by atoms with van der Waals surface area (Å²) in [6.45, 7) is -1.91. The van der Waals surface area contributed by atoms with Crippen molar-refractivity contribution in [3.63, 3.8) is 0 Å². The molecule has 39 heavy (non-hydrogen) atoms. The van der Waals surface area contributed by atoms with Gasteiger partial charge in [0, 0.05) is 5.92 Å². The molecule has 8 fully saturated rings. The van der Waals surface area contributed by atoms with Gasteiger partial charge in [0.1, 0.15) is 6.10 Å². The number of halogens is 2. The van der Waals surface area contributed by atoms with Gasteiger partial charge in [-0.25, -0.2) is 0 Å². The minimum atomic E-state index is -5.82. The Morgan fingerprint density at radius 3 is 2.10 bits per heavy atom. The van der Waals surface area contributed by atoms with Crippen molar-refractivity contribution >= 4 is 33.9 Å². The van der Waals surface area contributed by atoms with Crippen LogP contribution in [0.4, 0.5) is 8.78 Å². The first-order valence-corrected chi connectivity index (χ1v) is 15.3. The number of hydrogen-bond donors (Lipinski definition) is 1. The molecule has 0 aromatic carbocycles. The number of carbonyl (C=O) groups is 4. The Bertz CT molecular complexity index is 1230. The highest BCUT2D eigenvalue weighted by Crippen LogP contribution is 2.64.